The zero-order valence-corrected chi connectivity index (χ0v) is 12.5. The maximum Gasteiger partial charge on any atom is 0.255 e. The number of halogens is 1. The Kier molecular flexibility index (Phi) is 3.97. The van der Waals surface area contributed by atoms with Gasteiger partial charge in [-0.05, 0) is 37.2 Å². The highest BCUT2D eigenvalue weighted by atomic mass is 35.5. The molecule has 0 N–H and O–H groups in total. The molecule has 1 amide bonds. The van der Waals surface area contributed by atoms with E-state index in [-0.39, 0.29) is 5.91 Å². The number of hydrogen-bond acceptors (Lipinski definition) is 2. The van der Waals surface area contributed by atoms with Crippen LogP contribution in [0.3, 0.4) is 0 Å². The summed E-state index contributed by atoms with van der Waals surface area (Å²) in [6, 6.07) is 1.72. The molecule has 0 radical (unpaired) electrons. The van der Waals surface area contributed by atoms with Crippen molar-refractivity contribution in [3.8, 4) is 0 Å². The maximum absolute atomic E-state index is 12.5. The van der Waals surface area contributed by atoms with Gasteiger partial charge in [-0.3, -0.25) is 9.78 Å². The Labute approximate surface area is 125 Å². The lowest BCUT2D eigenvalue weighted by atomic mass is 9.68. The molecular weight excluding hydrogens is 272 g/mol. The summed E-state index contributed by atoms with van der Waals surface area (Å²) in [6.45, 7) is 1.75. The van der Waals surface area contributed by atoms with Crippen LogP contribution in [0.5, 0.6) is 0 Å². The summed E-state index contributed by atoms with van der Waals surface area (Å²) in [4.78, 5) is 18.4. The van der Waals surface area contributed by atoms with E-state index in [1.807, 2.05) is 4.90 Å². The fourth-order valence-electron chi connectivity index (χ4n) is 3.70. The van der Waals surface area contributed by atoms with E-state index >= 15 is 0 Å². The fourth-order valence-corrected chi connectivity index (χ4v) is 3.91. The largest absolute Gasteiger partial charge is 0.339 e. The molecule has 0 bridgehead atoms. The molecule has 1 aromatic rings. The van der Waals surface area contributed by atoms with Gasteiger partial charge in [0, 0.05) is 25.5 Å². The highest BCUT2D eigenvalue weighted by Crippen LogP contribution is 2.44. The molecule has 1 aliphatic carbocycles. The van der Waals surface area contributed by atoms with Crippen LogP contribution >= 0.6 is 11.6 Å². The standard InChI is InChI=1S/C16H21ClN2O/c17-14-12-18-9-4-13(14)15(20)19-10-7-16(8-11-19)5-2-1-3-6-16/h4,9,12H,1-3,5-8,10-11H2. The minimum Gasteiger partial charge on any atom is -0.339 e. The molecule has 1 saturated carbocycles. The molecule has 3 rings (SSSR count). The smallest absolute Gasteiger partial charge is 0.255 e. The van der Waals surface area contributed by atoms with E-state index in [1.54, 1.807) is 18.5 Å². The van der Waals surface area contributed by atoms with Crippen LogP contribution in [0.25, 0.3) is 0 Å². The first-order valence-electron chi connectivity index (χ1n) is 7.59. The number of nitrogens with zero attached hydrogens (tertiary/aromatic N) is 2. The summed E-state index contributed by atoms with van der Waals surface area (Å²) in [5.74, 6) is 0.0584. The Morgan fingerprint density at radius 3 is 2.50 bits per heavy atom. The van der Waals surface area contributed by atoms with Crippen LogP contribution in [0.2, 0.25) is 5.02 Å². The first-order valence-corrected chi connectivity index (χ1v) is 7.97. The molecule has 20 heavy (non-hydrogen) atoms. The third kappa shape index (κ3) is 2.69. The van der Waals surface area contributed by atoms with Gasteiger partial charge in [0.25, 0.3) is 5.91 Å². The molecule has 4 heteroatoms. The van der Waals surface area contributed by atoms with Crippen LogP contribution in [0.15, 0.2) is 18.5 Å². The number of rotatable bonds is 1. The second-order valence-electron chi connectivity index (χ2n) is 6.21. The lowest BCUT2D eigenvalue weighted by molar-refractivity contribution is 0.0472. The van der Waals surface area contributed by atoms with Crippen LogP contribution in [0.4, 0.5) is 0 Å². The molecular formula is C16H21ClN2O. The number of amides is 1. The average molecular weight is 293 g/mol. The van der Waals surface area contributed by atoms with Gasteiger partial charge in [0.1, 0.15) is 0 Å². The van der Waals surface area contributed by atoms with Gasteiger partial charge in [0.15, 0.2) is 0 Å². The Morgan fingerprint density at radius 1 is 1.15 bits per heavy atom. The van der Waals surface area contributed by atoms with E-state index in [1.165, 1.54) is 32.1 Å². The van der Waals surface area contributed by atoms with Crippen molar-refractivity contribution in [2.24, 2.45) is 5.41 Å². The molecule has 2 heterocycles. The van der Waals surface area contributed by atoms with Crippen molar-refractivity contribution in [1.82, 2.24) is 9.88 Å². The number of pyridine rings is 1. The van der Waals surface area contributed by atoms with Gasteiger partial charge in [-0.1, -0.05) is 30.9 Å². The molecule has 3 nitrogen and oxygen atoms in total. The van der Waals surface area contributed by atoms with Crippen molar-refractivity contribution in [2.45, 2.75) is 44.9 Å². The summed E-state index contributed by atoms with van der Waals surface area (Å²) >= 11 is 6.07. The van der Waals surface area contributed by atoms with Crippen LogP contribution in [0, 0.1) is 5.41 Å². The number of piperidine rings is 1. The quantitative estimate of drug-likeness (QED) is 0.786. The monoisotopic (exact) mass is 292 g/mol. The minimum atomic E-state index is 0.0584. The van der Waals surface area contributed by atoms with E-state index in [2.05, 4.69) is 4.98 Å². The first-order chi connectivity index (χ1) is 9.70. The van der Waals surface area contributed by atoms with Crippen molar-refractivity contribution in [3.63, 3.8) is 0 Å². The molecule has 1 saturated heterocycles. The molecule has 108 valence electrons. The number of aromatic nitrogens is 1. The predicted molar refractivity (Wildman–Crippen MR) is 79.9 cm³/mol. The summed E-state index contributed by atoms with van der Waals surface area (Å²) in [6.07, 6.45) is 12.3. The third-order valence-electron chi connectivity index (χ3n) is 5.03. The average Bonchev–Trinajstić information content (AvgIpc) is 2.49. The number of likely N-dealkylation sites (tertiary alicyclic amines) is 1. The Hall–Kier alpha value is -1.09. The minimum absolute atomic E-state index is 0.0584. The van der Waals surface area contributed by atoms with Gasteiger partial charge in [0.05, 0.1) is 10.6 Å². The zero-order valence-electron chi connectivity index (χ0n) is 11.8. The van der Waals surface area contributed by atoms with Crippen molar-refractivity contribution in [2.75, 3.05) is 13.1 Å². The van der Waals surface area contributed by atoms with Crippen LogP contribution in [-0.4, -0.2) is 28.9 Å². The SMILES string of the molecule is O=C(c1ccncc1Cl)N1CCC2(CCCCC2)CC1. The van der Waals surface area contributed by atoms with Crippen molar-refractivity contribution in [1.29, 1.82) is 0 Å². The van der Waals surface area contributed by atoms with E-state index in [0.29, 0.717) is 16.0 Å². The topological polar surface area (TPSA) is 33.2 Å². The highest BCUT2D eigenvalue weighted by molar-refractivity contribution is 6.33. The van der Waals surface area contributed by atoms with E-state index in [9.17, 15) is 4.79 Å². The lowest BCUT2D eigenvalue weighted by Crippen LogP contribution is -2.44. The number of hydrogen-bond donors (Lipinski definition) is 0. The van der Waals surface area contributed by atoms with Gasteiger partial charge in [-0.25, -0.2) is 0 Å². The van der Waals surface area contributed by atoms with Crippen LogP contribution in [0.1, 0.15) is 55.3 Å². The van der Waals surface area contributed by atoms with Crippen molar-refractivity contribution >= 4 is 17.5 Å². The lowest BCUT2D eigenvalue weighted by Gasteiger charge is -2.44. The number of carbonyl (C=O) groups excluding carboxylic acids is 1. The Morgan fingerprint density at radius 2 is 1.85 bits per heavy atom. The summed E-state index contributed by atoms with van der Waals surface area (Å²) in [5.41, 5.74) is 1.11. The molecule has 2 fully saturated rings. The third-order valence-corrected chi connectivity index (χ3v) is 5.33. The Balaban J connectivity index is 1.66. The second kappa shape index (κ2) is 5.72. The zero-order chi connectivity index (χ0) is 14.0. The predicted octanol–water partition coefficient (Wildman–Crippen LogP) is 3.92. The highest BCUT2D eigenvalue weighted by Gasteiger charge is 2.36. The number of carbonyl (C=O) groups is 1. The van der Waals surface area contributed by atoms with Crippen LogP contribution in [-0.2, 0) is 0 Å². The summed E-state index contributed by atoms with van der Waals surface area (Å²) in [7, 11) is 0. The molecule has 1 aliphatic heterocycles. The normalized spacial score (nSPS) is 21.9. The van der Waals surface area contributed by atoms with E-state index < -0.39 is 0 Å². The Bertz CT molecular complexity index is 487. The summed E-state index contributed by atoms with van der Waals surface area (Å²) in [5, 5.41) is 0.454. The molecule has 1 aromatic heterocycles. The molecule has 0 aromatic carbocycles. The second-order valence-corrected chi connectivity index (χ2v) is 6.62. The van der Waals surface area contributed by atoms with Gasteiger partial charge in [-0.2, -0.15) is 0 Å². The summed E-state index contributed by atoms with van der Waals surface area (Å²) < 4.78 is 0. The van der Waals surface area contributed by atoms with Gasteiger partial charge >= 0.3 is 0 Å². The molecule has 0 unspecified atom stereocenters. The van der Waals surface area contributed by atoms with Crippen LogP contribution < -0.4 is 0 Å². The van der Waals surface area contributed by atoms with E-state index in [0.717, 1.165) is 25.9 Å². The maximum atomic E-state index is 12.5. The molecule has 0 atom stereocenters. The van der Waals surface area contributed by atoms with Crippen molar-refractivity contribution in [3.05, 3.63) is 29.0 Å². The first kappa shape index (κ1) is 13.9. The molecule has 1 spiro atoms. The van der Waals surface area contributed by atoms with Gasteiger partial charge < -0.3 is 4.90 Å². The van der Waals surface area contributed by atoms with Crippen molar-refractivity contribution < 1.29 is 4.79 Å². The fraction of sp³-hybridized carbons (Fsp3) is 0.625. The van der Waals surface area contributed by atoms with Gasteiger partial charge in [-0.15, -0.1) is 0 Å². The molecule has 2 aliphatic rings. The van der Waals surface area contributed by atoms with E-state index in [4.69, 9.17) is 11.6 Å². The van der Waals surface area contributed by atoms with Gasteiger partial charge in [0.2, 0.25) is 0 Å².